The van der Waals surface area contributed by atoms with E-state index in [0.29, 0.717) is 6.04 Å². The lowest BCUT2D eigenvalue weighted by Gasteiger charge is -2.30. The first-order valence-electron chi connectivity index (χ1n) is 6.99. The van der Waals surface area contributed by atoms with E-state index in [4.69, 9.17) is 0 Å². The van der Waals surface area contributed by atoms with E-state index in [2.05, 4.69) is 59.8 Å². The zero-order valence-corrected chi connectivity index (χ0v) is 13.7. The van der Waals surface area contributed by atoms with Gasteiger partial charge in [-0.25, -0.2) is 0 Å². The molecule has 0 aliphatic rings. The Hall–Kier alpha value is -1.01. The summed E-state index contributed by atoms with van der Waals surface area (Å²) in [5.74, 6) is 0. The molecular weight excluding hydrogens is 300 g/mol. The standard InChI is InChI=1S/C16H23BrN2/c1-4-5-6-9-19(13(2)3)16-8-7-14(11-17)10-15(16)12-18/h7-8,10,13H,4-6,9,11H2,1-3H3. The van der Waals surface area contributed by atoms with E-state index in [0.717, 1.165) is 28.7 Å². The first-order valence-corrected chi connectivity index (χ1v) is 8.11. The Morgan fingerprint density at radius 2 is 2.05 bits per heavy atom. The molecule has 0 fully saturated rings. The number of halogens is 1. The zero-order valence-electron chi connectivity index (χ0n) is 12.1. The molecule has 0 spiro atoms. The van der Waals surface area contributed by atoms with Gasteiger partial charge in [0.2, 0.25) is 0 Å². The Morgan fingerprint density at radius 3 is 2.58 bits per heavy atom. The predicted octanol–water partition coefficient (Wildman–Crippen LogP) is 4.86. The van der Waals surface area contributed by atoms with Gasteiger partial charge in [0.1, 0.15) is 6.07 Å². The summed E-state index contributed by atoms with van der Waals surface area (Å²) in [6, 6.07) is 8.92. The number of hydrogen-bond acceptors (Lipinski definition) is 2. The van der Waals surface area contributed by atoms with Crippen LogP contribution in [0.1, 0.15) is 51.2 Å². The number of nitrogens with zero attached hydrogens (tertiary/aromatic N) is 2. The second-order valence-corrected chi connectivity index (χ2v) is 5.65. The number of alkyl halides is 1. The summed E-state index contributed by atoms with van der Waals surface area (Å²) in [5, 5.41) is 10.1. The molecule has 104 valence electrons. The Bertz CT molecular complexity index is 435. The summed E-state index contributed by atoms with van der Waals surface area (Å²) in [4.78, 5) is 2.34. The molecule has 0 amide bonds. The van der Waals surface area contributed by atoms with Crippen molar-refractivity contribution in [3.63, 3.8) is 0 Å². The Labute approximate surface area is 125 Å². The summed E-state index contributed by atoms with van der Waals surface area (Å²) in [6.07, 6.45) is 3.64. The molecule has 0 aliphatic carbocycles. The van der Waals surface area contributed by atoms with Crippen LogP contribution < -0.4 is 4.90 Å². The highest BCUT2D eigenvalue weighted by Gasteiger charge is 2.14. The van der Waals surface area contributed by atoms with Crippen molar-refractivity contribution in [2.75, 3.05) is 11.4 Å². The first-order chi connectivity index (χ1) is 9.13. The van der Waals surface area contributed by atoms with Crippen LogP contribution in [0.4, 0.5) is 5.69 Å². The van der Waals surface area contributed by atoms with Gasteiger partial charge in [0.25, 0.3) is 0 Å². The smallest absolute Gasteiger partial charge is 0.101 e. The first kappa shape index (κ1) is 16.0. The normalized spacial score (nSPS) is 10.5. The maximum atomic E-state index is 9.35. The number of rotatable bonds is 7. The van der Waals surface area contributed by atoms with Crippen LogP contribution in [-0.2, 0) is 5.33 Å². The fourth-order valence-electron chi connectivity index (χ4n) is 2.20. The maximum absolute atomic E-state index is 9.35. The van der Waals surface area contributed by atoms with Gasteiger partial charge in [-0.3, -0.25) is 0 Å². The van der Waals surface area contributed by atoms with E-state index in [9.17, 15) is 5.26 Å². The molecule has 1 aromatic rings. The molecule has 0 saturated carbocycles. The minimum absolute atomic E-state index is 0.416. The third-order valence-electron chi connectivity index (χ3n) is 3.27. The summed E-state index contributed by atoms with van der Waals surface area (Å²) in [5.41, 5.74) is 3.00. The minimum atomic E-state index is 0.416. The third-order valence-corrected chi connectivity index (χ3v) is 3.92. The van der Waals surface area contributed by atoms with Gasteiger partial charge in [-0.05, 0) is 38.0 Å². The van der Waals surface area contributed by atoms with Gasteiger partial charge in [0.05, 0.1) is 11.3 Å². The number of unbranched alkanes of at least 4 members (excludes halogenated alkanes) is 2. The van der Waals surface area contributed by atoms with Crippen molar-refractivity contribution in [3.8, 4) is 6.07 Å². The van der Waals surface area contributed by atoms with Crippen LogP contribution in [0.3, 0.4) is 0 Å². The summed E-state index contributed by atoms with van der Waals surface area (Å²) in [7, 11) is 0. The van der Waals surface area contributed by atoms with Crippen LogP contribution in [0.2, 0.25) is 0 Å². The van der Waals surface area contributed by atoms with Crippen molar-refractivity contribution in [2.45, 2.75) is 51.4 Å². The molecule has 0 unspecified atom stereocenters. The van der Waals surface area contributed by atoms with E-state index in [1.54, 1.807) is 0 Å². The fraction of sp³-hybridized carbons (Fsp3) is 0.562. The molecule has 1 aromatic carbocycles. The zero-order chi connectivity index (χ0) is 14.3. The van der Waals surface area contributed by atoms with Crippen molar-refractivity contribution in [2.24, 2.45) is 0 Å². The van der Waals surface area contributed by atoms with Gasteiger partial charge in [0.15, 0.2) is 0 Å². The van der Waals surface area contributed by atoms with Gasteiger partial charge < -0.3 is 4.90 Å². The molecule has 2 nitrogen and oxygen atoms in total. The number of anilines is 1. The number of nitriles is 1. The molecule has 0 bridgehead atoms. The highest BCUT2D eigenvalue weighted by atomic mass is 79.9. The van der Waals surface area contributed by atoms with E-state index in [1.807, 2.05) is 6.07 Å². The largest absolute Gasteiger partial charge is 0.368 e. The molecule has 0 heterocycles. The molecule has 0 aliphatic heterocycles. The Kier molecular flexibility index (Phi) is 6.94. The van der Waals surface area contributed by atoms with Crippen LogP contribution >= 0.6 is 15.9 Å². The summed E-state index contributed by atoms with van der Waals surface area (Å²) >= 11 is 3.44. The van der Waals surface area contributed by atoms with Gasteiger partial charge in [-0.2, -0.15) is 5.26 Å². The molecular formula is C16H23BrN2. The van der Waals surface area contributed by atoms with Crippen LogP contribution in [0.15, 0.2) is 18.2 Å². The molecule has 0 aromatic heterocycles. The molecule has 19 heavy (non-hydrogen) atoms. The maximum Gasteiger partial charge on any atom is 0.101 e. The van der Waals surface area contributed by atoms with E-state index < -0.39 is 0 Å². The average molecular weight is 323 g/mol. The van der Waals surface area contributed by atoms with Crippen LogP contribution in [0.25, 0.3) is 0 Å². The van der Waals surface area contributed by atoms with Gasteiger partial charge in [-0.1, -0.05) is 41.8 Å². The van der Waals surface area contributed by atoms with Crippen LogP contribution in [-0.4, -0.2) is 12.6 Å². The van der Waals surface area contributed by atoms with Crippen molar-refractivity contribution in [1.29, 1.82) is 5.26 Å². The summed E-state index contributed by atoms with van der Waals surface area (Å²) in [6.45, 7) is 7.61. The second kappa shape index (κ2) is 8.22. The van der Waals surface area contributed by atoms with Crippen LogP contribution in [0, 0.1) is 11.3 Å². The molecule has 1 rings (SSSR count). The van der Waals surface area contributed by atoms with Crippen molar-refractivity contribution in [1.82, 2.24) is 0 Å². The molecule has 0 atom stereocenters. The quantitative estimate of drug-likeness (QED) is 0.529. The third kappa shape index (κ3) is 4.54. The van der Waals surface area contributed by atoms with E-state index in [1.165, 1.54) is 19.3 Å². The SMILES string of the molecule is CCCCCN(c1ccc(CBr)cc1C#N)C(C)C. The summed E-state index contributed by atoms with van der Waals surface area (Å²) < 4.78 is 0. The predicted molar refractivity (Wildman–Crippen MR) is 85.8 cm³/mol. The molecule has 0 saturated heterocycles. The lowest BCUT2D eigenvalue weighted by atomic mass is 10.1. The highest BCUT2D eigenvalue weighted by Crippen LogP contribution is 2.25. The topological polar surface area (TPSA) is 27.0 Å². The Morgan fingerprint density at radius 1 is 1.32 bits per heavy atom. The lowest BCUT2D eigenvalue weighted by molar-refractivity contribution is 0.625. The van der Waals surface area contributed by atoms with Crippen molar-refractivity contribution < 1.29 is 0 Å². The van der Waals surface area contributed by atoms with Gasteiger partial charge in [0, 0.05) is 17.9 Å². The van der Waals surface area contributed by atoms with Crippen LogP contribution in [0.5, 0.6) is 0 Å². The number of benzene rings is 1. The molecule has 3 heteroatoms. The average Bonchev–Trinajstić information content (AvgIpc) is 2.43. The monoisotopic (exact) mass is 322 g/mol. The van der Waals surface area contributed by atoms with Crippen molar-refractivity contribution in [3.05, 3.63) is 29.3 Å². The lowest BCUT2D eigenvalue weighted by Crippen LogP contribution is -2.32. The number of hydrogen-bond donors (Lipinski definition) is 0. The fourth-order valence-corrected chi connectivity index (χ4v) is 2.54. The van der Waals surface area contributed by atoms with Crippen molar-refractivity contribution >= 4 is 21.6 Å². The molecule has 0 radical (unpaired) electrons. The van der Waals surface area contributed by atoms with Gasteiger partial charge in [-0.15, -0.1) is 0 Å². The Balaban J connectivity index is 2.98. The minimum Gasteiger partial charge on any atom is -0.368 e. The van der Waals surface area contributed by atoms with E-state index >= 15 is 0 Å². The van der Waals surface area contributed by atoms with Gasteiger partial charge >= 0.3 is 0 Å². The second-order valence-electron chi connectivity index (χ2n) is 5.09. The molecule has 0 N–H and O–H groups in total. The van der Waals surface area contributed by atoms with E-state index in [-0.39, 0.29) is 0 Å². The highest BCUT2D eigenvalue weighted by molar-refractivity contribution is 9.08.